The summed E-state index contributed by atoms with van der Waals surface area (Å²) in [5, 5.41) is 3.19. The lowest BCUT2D eigenvalue weighted by Crippen LogP contribution is -2.34. The van der Waals surface area contributed by atoms with Crippen LogP contribution in [0.3, 0.4) is 0 Å². The number of nitrogens with zero attached hydrogens (tertiary/aromatic N) is 2. The van der Waals surface area contributed by atoms with Crippen LogP contribution in [-0.2, 0) is 9.59 Å². The Labute approximate surface area is 183 Å². The van der Waals surface area contributed by atoms with Crippen molar-refractivity contribution in [1.29, 1.82) is 0 Å². The lowest BCUT2D eigenvalue weighted by Gasteiger charge is -2.15. The first-order valence-electron chi connectivity index (χ1n) is 10.3. The maximum Gasteiger partial charge on any atom is 0.242 e. The van der Waals surface area contributed by atoms with Gasteiger partial charge in [0.1, 0.15) is 5.25 Å². The number of hydrogen-bond donors (Lipinski definition) is 1. The third-order valence-corrected chi connectivity index (χ3v) is 6.25. The summed E-state index contributed by atoms with van der Waals surface area (Å²) in [5.74, 6) is -0.194. The average Bonchev–Trinajstić information content (AvgIpc) is 2.96. The smallest absolute Gasteiger partial charge is 0.242 e. The number of amides is 2. The molecule has 0 saturated carbocycles. The van der Waals surface area contributed by atoms with Crippen LogP contribution in [-0.4, -0.2) is 33.7 Å². The van der Waals surface area contributed by atoms with Crippen molar-refractivity contribution in [2.24, 2.45) is 4.99 Å². The zero-order chi connectivity index (χ0) is 21.8. The summed E-state index contributed by atoms with van der Waals surface area (Å²) in [4.78, 5) is 32.1. The van der Waals surface area contributed by atoms with E-state index >= 15 is 0 Å². The summed E-state index contributed by atoms with van der Waals surface area (Å²) in [7, 11) is 0. The Bertz CT molecular complexity index is 1000. The van der Waals surface area contributed by atoms with Crippen LogP contribution in [0.15, 0.2) is 41.4 Å². The molecular weight excluding hydrogens is 394 g/mol. The van der Waals surface area contributed by atoms with Crippen LogP contribution >= 0.6 is 11.8 Å². The van der Waals surface area contributed by atoms with Crippen molar-refractivity contribution in [3.05, 3.63) is 58.7 Å². The van der Waals surface area contributed by atoms with Gasteiger partial charge in [-0.1, -0.05) is 48.5 Å². The summed E-state index contributed by atoms with van der Waals surface area (Å²) in [5.41, 5.74) is 5.99. The number of rotatable bonds is 6. The van der Waals surface area contributed by atoms with E-state index in [2.05, 4.69) is 11.4 Å². The molecule has 1 unspecified atom stereocenters. The fourth-order valence-corrected chi connectivity index (χ4v) is 4.61. The number of nitrogens with one attached hydrogen (secondary N) is 1. The van der Waals surface area contributed by atoms with Gasteiger partial charge in [-0.15, -0.1) is 0 Å². The number of carbonyl (C=O) groups is 2. The minimum absolute atomic E-state index is 0.0403. The Kier molecular flexibility index (Phi) is 6.98. The predicted octanol–water partition coefficient (Wildman–Crippen LogP) is 5.29. The van der Waals surface area contributed by atoms with Crippen molar-refractivity contribution >= 4 is 40.1 Å². The normalized spacial score (nSPS) is 17.6. The maximum atomic E-state index is 13.0. The zero-order valence-electron chi connectivity index (χ0n) is 18.3. The van der Waals surface area contributed by atoms with Gasteiger partial charge >= 0.3 is 0 Å². The molecule has 0 spiro atoms. The van der Waals surface area contributed by atoms with E-state index in [-0.39, 0.29) is 18.2 Å². The monoisotopic (exact) mass is 423 g/mol. The largest absolute Gasteiger partial charge is 0.326 e. The molecule has 1 aliphatic rings. The first-order valence-corrected chi connectivity index (χ1v) is 11.2. The molecule has 30 heavy (non-hydrogen) atoms. The molecule has 1 heterocycles. The summed E-state index contributed by atoms with van der Waals surface area (Å²) in [6, 6.07) is 12.0. The molecule has 3 rings (SSSR count). The summed E-state index contributed by atoms with van der Waals surface area (Å²) in [6.45, 7) is 10.7. The Morgan fingerprint density at radius 2 is 1.77 bits per heavy atom. The maximum absolute atomic E-state index is 13.0. The lowest BCUT2D eigenvalue weighted by atomic mass is 10.1. The van der Waals surface area contributed by atoms with Gasteiger partial charge in [0.2, 0.25) is 11.8 Å². The molecule has 2 amide bonds. The summed E-state index contributed by atoms with van der Waals surface area (Å²) in [6.07, 6.45) is 0.961. The van der Waals surface area contributed by atoms with Gasteiger partial charge in [0.25, 0.3) is 0 Å². The third-order valence-electron chi connectivity index (χ3n) is 5.07. The molecule has 1 N–H and O–H groups in total. The molecule has 0 aliphatic carbocycles. The minimum Gasteiger partial charge on any atom is -0.326 e. The predicted molar refractivity (Wildman–Crippen MR) is 126 cm³/mol. The van der Waals surface area contributed by atoms with Crippen LogP contribution in [0.1, 0.15) is 42.0 Å². The molecular formula is C24H29N3O2S. The van der Waals surface area contributed by atoms with Crippen molar-refractivity contribution < 1.29 is 9.59 Å². The van der Waals surface area contributed by atoms with E-state index in [0.717, 1.165) is 34.5 Å². The van der Waals surface area contributed by atoms with Crippen molar-refractivity contribution in [3.8, 4) is 0 Å². The first kappa shape index (κ1) is 22.1. The van der Waals surface area contributed by atoms with Gasteiger partial charge < -0.3 is 5.32 Å². The highest BCUT2D eigenvalue weighted by atomic mass is 32.2. The lowest BCUT2D eigenvalue weighted by molar-refractivity contribution is -0.128. The average molecular weight is 424 g/mol. The fraction of sp³-hybridized carbons (Fsp3) is 0.375. The van der Waals surface area contributed by atoms with Crippen molar-refractivity contribution in [2.45, 2.75) is 52.7 Å². The van der Waals surface area contributed by atoms with Crippen molar-refractivity contribution in [2.75, 3.05) is 11.9 Å². The van der Waals surface area contributed by atoms with Crippen molar-refractivity contribution in [3.63, 3.8) is 0 Å². The van der Waals surface area contributed by atoms with E-state index in [9.17, 15) is 9.59 Å². The quantitative estimate of drug-likeness (QED) is 0.687. The molecule has 1 atom stereocenters. The summed E-state index contributed by atoms with van der Waals surface area (Å²) < 4.78 is 0. The molecule has 0 bridgehead atoms. The van der Waals surface area contributed by atoms with E-state index in [1.165, 1.54) is 17.3 Å². The van der Waals surface area contributed by atoms with Gasteiger partial charge in [0.15, 0.2) is 5.17 Å². The number of thioether (sulfide) groups is 1. The second-order valence-corrected chi connectivity index (χ2v) is 9.02. The number of aliphatic imine (C=N–C) groups is 1. The van der Waals surface area contributed by atoms with Gasteiger partial charge in [-0.2, -0.15) is 0 Å². The van der Waals surface area contributed by atoms with Gasteiger partial charge in [-0.05, 0) is 62.9 Å². The third kappa shape index (κ3) is 5.11. The Hall–Kier alpha value is -2.60. The molecule has 2 aromatic rings. The molecule has 0 aromatic heterocycles. The number of anilines is 1. The molecule has 5 nitrogen and oxygen atoms in total. The summed E-state index contributed by atoms with van der Waals surface area (Å²) >= 11 is 1.39. The Morgan fingerprint density at radius 3 is 2.47 bits per heavy atom. The standard InChI is InChI=1S/C24H29N3O2S/c1-6-11-27-23(29)21(14-22(28)25-20-13-16(3)7-9-17(20)4)30-24(27)26-19-10-8-15(2)12-18(19)5/h7-10,12-13,21H,6,11,14H2,1-5H3,(H,25,28). The molecule has 1 fully saturated rings. The highest BCUT2D eigenvalue weighted by Crippen LogP contribution is 2.33. The molecule has 0 radical (unpaired) electrons. The van der Waals surface area contributed by atoms with Crippen LogP contribution in [0.2, 0.25) is 0 Å². The zero-order valence-corrected chi connectivity index (χ0v) is 19.1. The van der Waals surface area contributed by atoms with Gasteiger partial charge in [-0.3, -0.25) is 14.5 Å². The van der Waals surface area contributed by atoms with Crippen LogP contribution in [0.4, 0.5) is 11.4 Å². The second-order valence-electron chi connectivity index (χ2n) is 7.85. The van der Waals surface area contributed by atoms with E-state index < -0.39 is 5.25 Å². The number of carbonyl (C=O) groups excluding carboxylic acids is 2. The molecule has 1 saturated heterocycles. The van der Waals surface area contributed by atoms with Gasteiger partial charge in [-0.25, -0.2) is 4.99 Å². The van der Waals surface area contributed by atoms with Crippen LogP contribution in [0.25, 0.3) is 0 Å². The Morgan fingerprint density at radius 1 is 1.07 bits per heavy atom. The van der Waals surface area contributed by atoms with E-state index in [4.69, 9.17) is 4.99 Å². The van der Waals surface area contributed by atoms with Crippen LogP contribution < -0.4 is 5.32 Å². The van der Waals surface area contributed by atoms with Gasteiger partial charge in [0, 0.05) is 18.7 Å². The molecule has 158 valence electrons. The fourth-order valence-electron chi connectivity index (χ4n) is 3.43. The number of benzene rings is 2. The van der Waals surface area contributed by atoms with Crippen molar-refractivity contribution in [1.82, 2.24) is 4.90 Å². The number of aryl methyl sites for hydroxylation is 4. The SMILES string of the molecule is CCCN1C(=O)C(CC(=O)Nc2cc(C)ccc2C)SC1=Nc1ccc(C)cc1C. The highest BCUT2D eigenvalue weighted by Gasteiger charge is 2.38. The topological polar surface area (TPSA) is 61.8 Å². The molecule has 6 heteroatoms. The number of amidine groups is 1. The van der Waals surface area contributed by atoms with Crippen LogP contribution in [0, 0.1) is 27.7 Å². The Balaban J connectivity index is 1.77. The second kappa shape index (κ2) is 9.47. The molecule has 2 aromatic carbocycles. The van der Waals surface area contributed by atoms with E-state index in [1.807, 2.05) is 65.0 Å². The first-order chi connectivity index (χ1) is 14.3. The molecule has 1 aliphatic heterocycles. The van der Waals surface area contributed by atoms with E-state index in [0.29, 0.717) is 11.7 Å². The van der Waals surface area contributed by atoms with E-state index in [1.54, 1.807) is 4.90 Å². The number of hydrogen-bond acceptors (Lipinski definition) is 4. The highest BCUT2D eigenvalue weighted by molar-refractivity contribution is 8.15. The van der Waals surface area contributed by atoms with Gasteiger partial charge in [0.05, 0.1) is 5.69 Å². The minimum atomic E-state index is -0.453. The van der Waals surface area contributed by atoms with Crippen LogP contribution in [0.5, 0.6) is 0 Å².